The second-order valence-corrected chi connectivity index (χ2v) is 3.02. The molecule has 68 valence electrons. The van der Waals surface area contributed by atoms with Crippen molar-refractivity contribution in [2.24, 2.45) is 11.7 Å². The van der Waals surface area contributed by atoms with Crippen molar-refractivity contribution in [1.82, 2.24) is 0 Å². The number of halogens is 3. The molecule has 0 rings (SSSR count). The van der Waals surface area contributed by atoms with Gasteiger partial charge in [0, 0.05) is 6.42 Å². The van der Waals surface area contributed by atoms with Crippen LogP contribution in [-0.2, 0) is 0 Å². The Hall–Kier alpha value is -0.290. The van der Waals surface area contributed by atoms with E-state index in [4.69, 9.17) is 5.11 Å². The number of hydrogen-bond acceptors (Lipinski definition) is 2. The summed E-state index contributed by atoms with van der Waals surface area (Å²) in [5.74, 6) is -0.286. The summed E-state index contributed by atoms with van der Waals surface area (Å²) < 4.78 is 35.5. The molecule has 3 N–H and O–H groups in total. The smallest absolute Gasteiger partial charge is 0.368 e. The molecule has 0 aromatic carbocycles. The third-order valence-corrected chi connectivity index (χ3v) is 1.21. The highest BCUT2D eigenvalue weighted by molar-refractivity contribution is 4.80. The minimum Gasteiger partial charge on any atom is -0.368 e. The Kier molecular flexibility index (Phi) is 2.91. The molecule has 0 spiro atoms. The van der Waals surface area contributed by atoms with Gasteiger partial charge in [-0.1, -0.05) is 13.8 Å². The van der Waals surface area contributed by atoms with Crippen molar-refractivity contribution >= 4 is 0 Å². The van der Waals surface area contributed by atoms with Gasteiger partial charge < -0.3 is 5.11 Å². The molecule has 1 unspecified atom stereocenters. The predicted octanol–water partition coefficient (Wildman–Crippen LogP) is 1.24. The zero-order valence-corrected chi connectivity index (χ0v) is 6.44. The second kappa shape index (κ2) is 2.98. The van der Waals surface area contributed by atoms with Crippen molar-refractivity contribution in [3.05, 3.63) is 0 Å². The standard InChI is InChI=1S/C6H12F3NO/c1-4(2)3-5(10,11)6(7,8)9/h4,11H,3,10H2,1-2H3. The highest BCUT2D eigenvalue weighted by Gasteiger charge is 2.50. The summed E-state index contributed by atoms with van der Waals surface area (Å²) >= 11 is 0. The van der Waals surface area contributed by atoms with Gasteiger partial charge in [-0.15, -0.1) is 0 Å². The van der Waals surface area contributed by atoms with Crippen LogP contribution in [0.25, 0.3) is 0 Å². The maximum Gasteiger partial charge on any atom is 0.430 e. The van der Waals surface area contributed by atoms with E-state index in [1.165, 1.54) is 0 Å². The summed E-state index contributed by atoms with van der Waals surface area (Å²) in [5.41, 5.74) is 1.58. The maximum atomic E-state index is 11.8. The van der Waals surface area contributed by atoms with Gasteiger partial charge in [0.1, 0.15) is 0 Å². The molecular formula is C6H12F3NO. The quantitative estimate of drug-likeness (QED) is 0.614. The summed E-state index contributed by atoms with van der Waals surface area (Å²) in [6, 6.07) is 0. The van der Waals surface area contributed by atoms with E-state index in [0.29, 0.717) is 0 Å². The maximum absolute atomic E-state index is 11.8. The average molecular weight is 171 g/mol. The minimum atomic E-state index is -4.74. The van der Waals surface area contributed by atoms with Crippen molar-refractivity contribution in [2.75, 3.05) is 0 Å². The SMILES string of the molecule is CC(C)CC(N)(O)C(F)(F)F. The number of alkyl halides is 3. The topological polar surface area (TPSA) is 46.2 Å². The van der Waals surface area contributed by atoms with Gasteiger partial charge >= 0.3 is 6.18 Å². The summed E-state index contributed by atoms with van der Waals surface area (Å²) in [7, 11) is 0. The van der Waals surface area contributed by atoms with Crippen LogP contribution in [0.2, 0.25) is 0 Å². The predicted molar refractivity (Wildman–Crippen MR) is 34.6 cm³/mol. The molecule has 1 atom stereocenters. The zero-order valence-electron chi connectivity index (χ0n) is 6.44. The van der Waals surface area contributed by atoms with Crippen molar-refractivity contribution in [2.45, 2.75) is 32.2 Å². The van der Waals surface area contributed by atoms with Crippen molar-refractivity contribution in [3.8, 4) is 0 Å². The number of rotatable bonds is 2. The molecule has 0 heterocycles. The third kappa shape index (κ3) is 3.07. The van der Waals surface area contributed by atoms with Crippen LogP contribution in [0.5, 0.6) is 0 Å². The van der Waals surface area contributed by atoms with Crippen molar-refractivity contribution < 1.29 is 18.3 Å². The fraction of sp³-hybridized carbons (Fsp3) is 1.00. The van der Waals surface area contributed by atoms with Crippen LogP contribution in [0, 0.1) is 5.92 Å². The van der Waals surface area contributed by atoms with Gasteiger partial charge in [-0.2, -0.15) is 13.2 Å². The Morgan fingerprint density at radius 2 is 1.73 bits per heavy atom. The first kappa shape index (κ1) is 10.7. The van der Waals surface area contributed by atoms with Gasteiger partial charge in [0.15, 0.2) is 0 Å². The van der Waals surface area contributed by atoms with Gasteiger partial charge in [-0.25, -0.2) is 0 Å². The molecule has 0 radical (unpaired) electrons. The van der Waals surface area contributed by atoms with E-state index in [1.54, 1.807) is 13.8 Å². The number of hydrogen-bond donors (Lipinski definition) is 2. The zero-order chi connectivity index (χ0) is 9.28. The van der Waals surface area contributed by atoms with E-state index in [-0.39, 0.29) is 5.92 Å². The fourth-order valence-electron chi connectivity index (χ4n) is 0.738. The van der Waals surface area contributed by atoms with E-state index in [2.05, 4.69) is 5.73 Å². The van der Waals surface area contributed by atoms with Crippen LogP contribution < -0.4 is 5.73 Å². The molecule has 0 saturated carbocycles. The molecule has 5 heteroatoms. The summed E-state index contributed by atoms with van der Waals surface area (Å²) in [4.78, 5) is 0. The lowest BCUT2D eigenvalue weighted by molar-refractivity contribution is -0.263. The molecule has 0 amide bonds. The molecule has 0 aromatic rings. The fourth-order valence-corrected chi connectivity index (χ4v) is 0.738. The highest BCUT2D eigenvalue weighted by Crippen LogP contribution is 2.30. The van der Waals surface area contributed by atoms with Crippen LogP contribution in [0.4, 0.5) is 13.2 Å². The molecule has 0 aromatic heterocycles. The third-order valence-electron chi connectivity index (χ3n) is 1.21. The number of nitrogens with two attached hydrogens (primary N) is 1. The molecule has 0 aliphatic rings. The van der Waals surface area contributed by atoms with Gasteiger partial charge in [-0.05, 0) is 5.92 Å². The lowest BCUT2D eigenvalue weighted by Gasteiger charge is -2.27. The van der Waals surface area contributed by atoms with E-state index >= 15 is 0 Å². The Bertz CT molecular complexity index is 130. The average Bonchev–Trinajstić information content (AvgIpc) is 1.56. The first-order valence-electron chi connectivity index (χ1n) is 3.25. The number of aliphatic hydroxyl groups is 1. The first-order chi connectivity index (χ1) is 4.67. The Morgan fingerprint density at radius 3 is 1.82 bits per heavy atom. The van der Waals surface area contributed by atoms with Gasteiger partial charge in [0.25, 0.3) is 0 Å². The van der Waals surface area contributed by atoms with Gasteiger partial charge in [-0.3, -0.25) is 5.73 Å². The molecule has 0 aliphatic carbocycles. The van der Waals surface area contributed by atoms with E-state index in [9.17, 15) is 13.2 Å². The van der Waals surface area contributed by atoms with Crippen LogP contribution in [-0.4, -0.2) is 17.0 Å². The van der Waals surface area contributed by atoms with E-state index in [0.717, 1.165) is 0 Å². The van der Waals surface area contributed by atoms with Crippen LogP contribution in [0.15, 0.2) is 0 Å². The van der Waals surface area contributed by atoms with E-state index < -0.39 is 18.3 Å². The largest absolute Gasteiger partial charge is 0.430 e. The summed E-state index contributed by atoms with van der Waals surface area (Å²) in [5, 5.41) is 8.67. The van der Waals surface area contributed by atoms with Crippen LogP contribution >= 0.6 is 0 Å². The molecule has 2 nitrogen and oxygen atoms in total. The Morgan fingerprint density at radius 1 is 1.36 bits per heavy atom. The molecule has 11 heavy (non-hydrogen) atoms. The Labute approximate surface area is 63.2 Å². The second-order valence-electron chi connectivity index (χ2n) is 3.02. The van der Waals surface area contributed by atoms with Crippen LogP contribution in [0.1, 0.15) is 20.3 Å². The Balaban J connectivity index is 4.22. The molecular weight excluding hydrogens is 159 g/mol. The normalized spacial score (nSPS) is 18.5. The monoisotopic (exact) mass is 171 g/mol. The molecule has 0 fully saturated rings. The lowest BCUT2D eigenvalue weighted by atomic mass is 10.0. The van der Waals surface area contributed by atoms with Crippen LogP contribution in [0.3, 0.4) is 0 Å². The lowest BCUT2D eigenvalue weighted by Crippen LogP contribution is -2.54. The van der Waals surface area contributed by atoms with Gasteiger partial charge in [0.2, 0.25) is 5.72 Å². The molecule has 0 bridgehead atoms. The molecule has 0 saturated heterocycles. The van der Waals surface area contributed by atoms with Gasteiger partial charge in [0.05, 0.1) is 0 Å². The molecule has 0 aliphatic heterocycles. The minimum absolute atomic E-state index is 0.286. The van der Waals surface area contributed by atoms with Crippen molar-refractivity contribution in [3.63, 3.8) is 0 Å². The van der Waals surface area contributed by atoms with E-state index in [1.807, 2.05) is 0 Å². The highest BCUT2D eigenvalue weighted by atomic mass is 19.4. The summed E-state index contributed by atoms with van der Waals surface area (Å²) in [6.45, 7) is 3.12. The van der Waals surface area contributed by atoms with Crippen molar-refractivity contribution in [1.29, 1.82) is 0 Å². The summed E-state index contributed by atoms with van der Waals surface area (Å²) in [6.07, 6.45) is -5.21. The first-order valence-corrected chi connectivity index (χ1v) is 3.25.